The second-order valence-corrected chi connectivity index (χ2v) is 14.8. The highest BCUT2D eigenvalue weighted by Gasteiger charge is 2.44. The molecule has 15 nitrogen and oxygen atoms in total. The number of carbonyl (C=O) groups is 6. The van der Waals surface area contributed by atoms with Gasteiger partial charge >= 0.3 is 5.97 Å². The molecule has 288 valence electrons. The molecule has 3 aliphatic heterocycles. The van der Waals surface area contributed by atoms with Gasteiger partial charge in [-0.2, -0.15) is 0 Å². The number of aromatic nitrogens is 3. The molecule has 1 unspecified atom stereocenters. The molecule has 0 saturated carbocycles. The molecule has 2 aromatic carbocycles. The molecule has 1 saturated heterocycles. The second-order valence-electron chi connectivity index (χ2n) is 13.4. The number of anilines is 1. The van der Waals surface area contributed by atoms with E-state index in [9.17, 15) is 28.8 Å². The summed E-state index contributed by atoms with van der Waals surface area (Å²) < 4.78 is 6.82. The van der Waals surface area contributed by atoms with Crippen molar-refractivity contribution in [1.29, 1.82) is 0 Å². The average Bonchev–Trinajstić information content (AvgIpc) is 3.76. The number of unbranched alkanes of at least 4 members (excludes halogenated alkanes) is 2. The predicted octanol–water partition coefficient (Wildman–Crippen LogP) is 4.96. The standard InChI is InChI=1S/C38H37ClN8O7S.2H2/c1-19-30-31(21-7-9-22(39)10-8-21)42-26(18-29(49)54-3)33-45-44-20(2)46(33)38(30)55-32(19)35(51)41-16-6-4-5-15-40-23-11-12-24-25(17-23)37(53)47(36(24)52)27-13-14-28(48)43-34(27)50;;/h7-12,17,26-27,40H,4-6,13-16,18H2,1-3H3,(H,41,51)(H,43,48,50);2*1H/t26-,27?;;/m0../s1. The van der Waals surface area contributed by atoms with Crippen LogP contribution in [0.3, 0.4) is 0 Å². The maximum absolute atomic E-state index is 13.6. The van der Waals surface area contributed by atoms with Gasteiger partial charge in [-0.05, 0) is 75.4 Å². The van der Waals surface area contributed by atoms with Gasteiger partial charge in [-0.3, -0.25) is 48.5 Å². The zero-order chi connectivity index (χ0) is 39.0. The minimum atomic E-state index is -1.01. The van der Waals surface area contributed by atoms with Crippen molar-refractivity contribution in [2.24, 2.45) is 4.99 Å². The minimum absolute atomic E-state index is 0. The number of benzene rings is 2. The number of thiophene rings is 1. The van der Waals surface area contributed by atoms with Crippen molar-refractivity contribution in [2.45, 2.75) is 64.5 Å². The fourth-order valence-corrected chi connectivity index (χ4v) is 8.41. The van der Waals surface area contributed by atoms with Gasteiger partial charge in [0.25, 0.3) is 17.7 Å². The molecular formula is C38H41ClN8O7S. The lowest BCUT2D eigenvalue weighted by atomic mass is 9.99. The van der Waals surface area contributed by atoms with E-state index in [0.717, 1.165) is 45.9 Å². The number of amides is 5. The Hall–Kier alpha value is -5.74. The molecule has 1 fully saturated rings. The van der Waals surface area contributed by atoms with Crippen molar-refractivity contribution in [2.75, 3.05) is 25.5 Å². The Morgan fingerprint density at radius 1 is 1.00 bits per heavy atom. The van der Waals surface area contributed by atoms with E-state index < -0.39 is 41.7 Å². The molecule has 3 N–H and O–H groups in total. The van der Waals surface area contributed by atoms with Crippen LogP contribution < -0.4 is 16.0 Å². The molecule has 4 aromatic rings. The van der Waals surface area contributed by atoms with Crippen LogP contribution in [-0.2, 0) is 19.1 Å². The number of imide groups is 2. The third kappa shape index (κ3) is 7.26. The summed E-state index contributed by atoms with van der Waals surface area (Å²) in [7, 11) is 1.33. The lowest BCUT2D eigenvalue weighted by molar-refractivity contribution is -0.141. The van der Waals surface area contributed by atoms with E-state index in [1.807, 2.05) is 30.5 Å². The maximum Gasteiger partial charge on any atom is 0.308 e. The van der Waals surface area contributed by atoms with Gasteiger partial charge in [0.1, 0.15) is 22.9 Å². The van der Waals surface area contributed by atoms with Gasteiger partial charge in [0.05, 0.1) is 35.2 Å². The van der Waals surface area contributed by atoms with Crippen LogP contribution in [0.1, 0.15) is 106 Å². The Morgan fingerprint density at radius 3 is 2.49 bits per heavy atom. The van der Waals surface area contributed by atoms with Crippen LogP contribution in [0.15, 0.2) is 47.5 Å². The molecule has 2 atom stereocenters. The number of aliphatic imine (C=N–C) groups is 1. The normalized spacial score (nSPS) is 17.5. The predicted molar refractivity (Wildman–Crippen MR) is 207 cm³/mol. The molecule has 2 aromatic heterocycles. The van der Waals surface area contributed by atoms with E-state index in [4.69, 9.17) is 21.3 Å². The smallest absolute Gasteiger partial charge is 0.308 e. The van der Waals surface area contributed by atoms with Gasteiger partial charge in [-0.25, -0.2) is 0 Å². The number of hydrogen-bond donors (Lipinski definition) is 3. The van der Waals surface area contributed by atoms with Gasteiger partial charge in [-0.1, -0.05) is 23.7 Å². The molecule has 0 bridgehead atoms. The summed E-state index contributed by atoms with van der Waals surface area (Å²) in [5, 5.41) is 18.5. The van der Waals surface area contributed by atoms with Crippen LogP contribution in [-0.4, -0.2) is 87.1 Å². The molecule has 17 heteroatoms. The summed E-state index contributed by atoms with van der Waals surface area (Å²) >= 11 is 7.53. The minimum Gasteiger partial charge on any atom is -0.469 e. The van der Waals surface area contributed by atoms with Crippen molar-refractivity contribution in [3.05, 3.63) is 91.8 Å². The first-order valence-electron chi connectivity index (χ1n) is 17.8. The lowest BCUT2D eigenvalue weighted by Gasteiger charge is -2.27. The van der Waals surface area contributed by atoms with Gasteiger partial charge < -0.3 is 15.4 Å². The first-order valence-corrected chi connectivity index (χ1v) is 19.0. The van der Waals surface area contributed by atoms with E-state index in [2.05, 4.69) is 26.1 Å². The summed E-state index contributed by atoms with van der Waals surface area (Å²) in [6, 6.07) is 10.5. The lowest BCUT2D eigenvalue weighted by Crippen LogP contribution is -2.54. The van der Waals surface area contributed by atoms with E-state index in [0.29, 0.717) is 46.0 Å². The summed E-state index contributed by atoms with van der Waals surface area (Å²) in [4.78, 5) is 82.6. The highest BCUT2D eigenvalue weighted by molar-refractivity contribution is 7.17. The van der Waals surface area contributed by atoms with E-state index in [-0.39, 0.29) is 39.1 Å². The van der Waals surface area contributed by atoms with Gasteiger partial charge in [-0.15, -0.1) is 21.5 Å². The number of aryl methyl sites for hydroxylation is 1. The van der Waals surface area contributed by atoms with Crippen LogP contribution in [0.2, 0.25) is 5.02 Å². The van der Waals surface area contributed by atoms with E-state index in [1.165, 1.54) is 18.4 Å². The Labute approximate surface area is 327 Å². The van der Waals surface area contributed by atoms with E-state index in [1.54, 1.807) is 30.3 Å². The average molecular weight is 789 g/mol. The number of rotatable bonds is 12. The highest BCUT2D eigenvalue weighted by atomic mass is 35.5. The summed E-state index contributed by atoms with van der Waals surface area (Å²) in [6.07, 6.45) is 2.41. The third-order valence-electron chi connectivity index (χ3n) is 9.82. The van der Waals surface area contributed by atoms with Crippen molar-refractivity contribution in [1.82, 2.24) is 30.3 Å². The zero-order valence-electron chi connectivity index (χ0n) is 30.2. The zero-order valence-corrected chi connectivity index (χ0v) is 31.8. The molecule has 0 spiro atoms. The van der Waals surface area contributed by atoms with Crippen molar-refractivity contribution in [3.63, 3.8) is 0 Å². The number of methoxy groups -OCH3 is 1. The number of piperidine rings is 1. The van der Waals surface area contributed by atoms with Crippen LogP contribution >= 0.6 is 22.9 Å². The highest BCUT2D eigenvalue weighted by Crippen LogP contribution is 2.40. The topological polar surface area (TPSA) is 194 Å². The molecule has 3 aliphatic rings. The molecule has 0 radical (unpaired) electrons. The molecule has 0 aliphatic carbocycles. The fourth-order valence-electron chi connectivity index (χ4n) is 7.00. The van der Waals surface area contributed by atoms with E-state index >= 15 is 0 Å². The summed E-state index contributed by atoms with van der Waals surface area (Å²) in [5.74, 6) is -1.76. The van der Waals surface area contributed by atoms with Gasteiger partial charge in [0.2, 0.25) is 11.8 Å². The Bertz CT molecular complexity index is 2290. The van der Waals surface area contributed by atoms with Gasteiger partial charge in [0, 0.05) is 44.2 Å². The number of halogens is 1. The Balaban J connectivity index is 0.00000310. The summed E-state index contributed by atoms with van der Waals surface area (Å²) in [5.41, 5.74) is 3.97. The number of nitrogens with zero attached hydrogens (tertiary/aromatic N) is 5. The van der Waals surface area contributed by atoms with Crippen molar-refractivity contribution in [3.8, 4) is 5.00 Å². The number of fused-ring (bicyclic) bond motifs is 4. The Kier molecular flexibility index (Phi) is 10.6. The number of nitrogens with one attached hydrogen (secondary N) is 3. The number of esters is 1. The van der Waals surface area contributed by atoms with Crippen LogP contribution in [0, 0.1) is 13.8 Å². The van der Waals surface area contributed by atoms with Crippen LogP contribution in [0.4, 0.5) is 5.69 Å². The third-order valence-corrected chi connectivity index (χ3v) is 11.3. The molecule has 5 amide bonds. The second kappa shape index (κ2) is 15.5. The number of hydrogen-bond acceptors (Lipinski definition) is 12. The first kappa shape index (κ1) is 37.6. The number of ether oxygens (including phenoxy) is 1. The largest absolute Gasteiger partial charge is 0.469 e. The molecule has 55 heavy (non-hydrogen) atoms. The Morgan fingerprint density at radius 2 is 1.75 bits per heavy atom. The van der Waals surface area contributed by atoms with Gasteiger partial charge in [0.15, 0.2) is 5.82 Å². The van der Waals surface area contributed by atoms with Crippen LogP contribution in [0.5, 0.6) is 0 Å². The molecule has 7 rings (SSSR count). The maximum atomic E-state index is 13.6. The first-order chi connectivity index (χ1) is 26.5. The quantitative estimate of drug-likeness (QED) is 0.100. The fraction of sp³-hybridized carbons (Fsp3) is 0.342. The number of carbonyl (C=O) groups excluding carboxylic acids is 6. The SMILES string of the molecule is COC(=O)C[C@@H]1N=C(c2ccc(Cl)cc2)c2c(sc(C(=O)NCCCCCNc3ccc4c(c3)C(=O)N(C3CCC(=O)NC3=O)C4=O)c2C)-n2c(C)nnc21.[HH].[HH]. The molecule has 5 heterocycles. The van der Waals surface area contributed by atoms with Crippen molar-refractivity contribution < 1.29 is 36.4 Å². The van der Waals surface area contributed by atoms with Crippen molar-refractivity contribution >= 4 is 69.8 Å². The van der Waals surface area contributed by atoms with Crippen LogP contribution in [0.25, 0.3) is 5.00 Å². The summed E-state index contributed by atoms with van der Waals surface area (Å²) in [6.45, 7) is 4.74. The molecular weight excluding hydrogens is 748 g/mol. The monoisotopic (exact) mass is 788 g/mol.